The first-order valence-electron chi connectivity index (χ1n) is 6.15. The van der Waals surface area contributed by atoms with Gasteiger partial charge in [-0.25, -0.2) is 14.3 Å². The number of benzene rings is 1. The van der Waals surface area contributed by atoms with Crippen molar-refractivity contribution in [1.82, 2.24) is 9.55 Å². The number of ether oxygens (including phenoxy) is 1. The Kier molecular flexibility index (Phi) is 3.60. The van der Waals surface area contributed by atoms with E-state index in [2.05, 4.69) is 20.9 Å². The zero-order chi connectivity index (χ0) is 15.7. The third kappa shape index (κ3) is 2.68. The molecule has 0 saturated carbocycles. The zero-order valence-electron chi connectivity index (χ0n) is 11.0. The summed E-state index contributed by atoms with van der Waals surface area (Å²) < 4.78 is 7.05. The molecule has 0 spiro atoms. The maximum Gasteiger partial charge on any atom is 0.425 e. The van der Waals surface area contributed by atoms with Gasteiger partial charge in [0.25, 0.3) is 5.69 Å². The van der Waals surface area contributed by atoms with Crippen LogP contribution in [0, 0.1) is 10.1 Å². The van der Waals surface area contributed by atoms with Crippen LogP contribution < -0.4 is 4.74 Å². The van der Waals surface area contributed by atoms with Crippen molar-refractivity contribution in [3.05, 3.63) is 63.4 Å². The molecule has 0 aliphatic rings. The standard InChI is InChI=1S/C14H8BrN3O4/c15-12-6-1-9-7-8-17(13(9)16-12)14(19)22-11-4-2-10(3-5-11)18(20)21/h1-8H. The van der Waals surface area contributed by atoms with Crippen LogP contribution in [0.3, 0.4) is 0 Å². The number of aromatic nitrogens is 2. The molecule has 0 aliphatic heterocycles. The molecule has 0 saturated heterocycles. The van der Waals surface area contributed by atoms with Crippen LogP contribution in [-0.2, 0) is 0 Å². The number of non-ortho nitro benzene ring substituents is 1. The number of hydrogen-bond donors (Lipinski definition) is 0. The predicted molar refractivity (Wildman–Crippen MR) is 82.0 cm³/mol. The molecule has 0 atom stereocenters. The van der Waals surface area contributed by atoms with Gasteiger partial charge in [0.2, 0.25) is 0 Å². The number of carbonyl (C=O) groups is 1. The molecule has 0 aliphatic carbocycles. The average Bonchev–Trinajstić information content (AvgIpc) is 2.90. The van der Waals surface area contributed by atoms with Gasteiger partial charge in [-0.2, -0.15) is 0 Å². The van der Waals surface area contributed by atoms with Crippen LogP contribution in [0.5, 0.6) is 5.75 Å². The molecule has 1 aromatic carbocycles. The maximum atomic E-state index is 12.2. The lowest BCUT2D eigenvalue weighted by Crippen LogP contribution is -2.16. The van der Waals surface area contributed by atoms with Crippen LogP contribution in [0.2, 0.25) is 0 Å². The Morgan fingerprint density at radius 2 is 1.91 bits per heavy atom. The van der Waals surface area contributed by atoms with Crippen LogP contribution in [0.15, 0.2) is 53.3 Å². The summed E-state index contributed by atoms with van der Waals surface area (Å²) in [6.45, 7) is 0. The second-order valence-electron chi connectivity index (χ2n) is 4.35. The molecule has 0 fully saturated rings. The molecule has 0 radical (unpaired) electrons. The van der Waals surface area contributed by atoms with Crippen molar-refractivity contribution < 1.29 is 14.5 Å². The highest BCUT2D eigenvalue weighted by Crippen LogP contribution is 2.20. The van der Waals surface area contributed by atoms with Gasteiger partial charge in [0, 0.05) is 23.7 Å². The lowest BCUT2D eigenvalue weighted by molar-refractivity contribution is -0.384. The molecule has 0 bridgehead atoms. The van der Waals surface area contributed by atoms with E-state index >= 15 is 0 Å². The third-order valence-corrected chi connectivity index (χ3v) is 3.39. The van der Waals surface area contributed by atoms with Crippen molar-refractivity contribution in [3.63, 3.8) is 0 Å². The van der Waals surface area contributed by atoms with Gasteiger partial charge in [0.1, 0.15) is 10.4 Å². The fourth-order valence-corrected chi connectivity index (χ4v) is 2.22. The molecule has 3 rings (SSSR count). The molecular formula is C14H8BrN3O4. The lowest BCUT2D eigenvalue weighted by Gasteiger charge is -2.05. The van der Waals surface area contributed by atoms with E-state index in [1.807, 2.05) is 6.07 Å². The summed E-state index contributed by atoms with van der Waals surface area (Å²) in [6.07, 6.45) is 0.909. The first kappa shape index (κ1) is 14.2. The summed E-state index contributed by atoms with van der Waals surface area (Å²) in [5, 5.41) is 11.4. The third-order valence-electron chi connectivity index (χ3n) is 2.95. The minimum absolute atomic E-state index is 0.0724. The predicted octanol–water partition coefficient (Wildman–Crippen LogP) is 3.75. The molecular weight excluding hydrogens is 354 g/mol. The molecule has 3 aromatic rings. The first-order chi connectivity index (χ1) is 10.5. The Morgan fingerprint density at radius 1 is 1.18 bits per heavy atom. The van der Waals surface area contributed by atoms with E-state index in [-0.39, 0.29) is 11.4 Å². The molecule has 0 unspecified atom stereocenters. The molecule has 22 heavy (non-hydrogen) atoms. The summed E-state index contributed by atoms with van der Waals surface area (Å²) in [5.74, 6) is 0.215. The Hall–Kier alpha value is -2.74. The molecule has 7 nitrogen and oxygen atoms in total. The smallest absolute Gasteiger partial charge is 0.410 e. The van der Waals surface area contributed by atoms with Gasteiger partial charge in [-0.05, 0) is 46.3 Å². The van der Waals surface area contributed by atoms with Gasteiger partial charge in [0.05, 0.1) is 4.92 Å². The zero-order valence-corrected chi connectivity index (χ0v) is 12.6. The number of carbonyl (C=O) groups excluding carboxylic acids is 1. The second kappa shape index (κ2) is 5.57. The van der Waals surface area contributed by atoms with Crippen LogP contribution >= 0.6 is 15.9 Å². The number of fused-ring (bicyclic) bond motifs is 1. The van der Waals surface area contributed by atoms with Crippen LogP contribution in [0.4, 0.5) is 10.5 Å². The van der Waals surface area contributed by atoms with Gasteiger partial charge in [-0.3, -0.25) is 10.1 Å². The molecule has 2 heterocycles. The van der Waals surface area contributed by atoms with Crippen LogP contribution in [-0.4, -0.2) is 20.6 Å². The SMILES string of the molecule is O=C(Oc1ccc([N+](=O)[O-])cc1)n1ccc2ccc(Br)nc21. The summed E-state index contributed by atoms with van der Waals surface area (Å²) in [6, 6.07) is 10.6. The van der Waals surface area contributed by atoms with Crippen molar-refractivity contribution >= 4 is 38.7 Å². The van der Waals surface area contributed by atoms with E-state index in [4.69, 9.17) is 4.74 Å². The molecule has 8 heteroatoms. The molecule has 0 N–H and O–H groups in total. The minimum Gasteiger partial charge on any atom is -0.410 e. The number of pyridine rings is 1. The molecule has 110 valence electrons. The quantitative estimate of drug-likeness (QED) is 0.394. The lowest BCUT2D eigenvalue weighted by atomic mass is 10.3. The number of nitro groups is 1. The molecule has 2 aromatic heterocycles. The van der Waals surface area contributed by atoms with Crippen molar-refractivity contribution in [1.29, 1.82) is 0 Å². The number of nitrogens with zero attached hydrogens (tertiary/aromatic N) is 3. The van der Waals surface area contributed by atoms with E-state index in [1.54, 1.807) is 18.3 Å². The van der Waals surface area contributed by atoms with Crippen molar-refractivity contribution in [3.8, 4) is 5.75 Å². The van der Waals surface area contributed by atoms with E-state index in [1.165, 1.54) is 28.8 Å². The minimum atomic E-state index is -0.644. The monoisotopic (exact) mass is 361 g/mol. The largest absolute Gasteiger partial charge is 0.425 e. The average molecular weight is 362 g/mol. The number of hydrogen-bond acceptors (Lipinski definition) is 5. The van der Waals surface area contributed by atoms with Crippen molar-refractivity contribution in [2.24, 2.45) is 0 Å². The van der Waals surface area contributed by atoms with Crippen LogP contribution in [0.1, 0.15) is 0 Å². The van der Waals surface area contributed by atoms with E-state index in [0.29, 0.717) is 10.3 Å². The van der Waals surface area contributed by atoms with Gasteiger partial charge in [-0.15, -0.1) is 0 Å². The Labute approximate surface area is 132 Å². The summed E-state index contributed by atoms with van der Waals surface area (Å²) in [4.78, 5) is 26.5. The Bertz CT molecular complexity index is 873. The van der Waals surface area contributed by atoms with Gasteiger partial charge in [-0.1, -0.05) is 0 Å². The molecule has 0 amide bonds. The highest BCUT2D eigenvalue weighted by molar-refractivity contribution is 9.10. The van der Waals surface area contributed by atoms with Crippen LogP contribution in [0.25, 0.3) is 11.0 Å². The maximum absolute atomic E-state index is 12.2. The van der Waals surface area contributed by atoms with E-state index in [0.717, 1.165) is 5.39 Å². The van der Waals surface area contributed by atoms with Crippen molar-refractivity contribution in [2.45, 2.75) is 0 Å². The highest BCUT2D eigenvalue weighted by Gasteiger charge is 2.13. The number of nitro benzene ring substituents is 1. The summed E-state index contributed by atoms with van der Waals surface area (Å²) in [5.41, 5.74) is 0.387. The summed E-state index contributed by atoms with van der Waals surface area (Å²) >= 11 is 3.25. The normalized spacial score (nSPS) is 10.6. The number of rotatable bonds is 2. The fourth-order valence-electron chi connectivity index (χ4n) is 1.92. The topological polar surface area (TPSA) is 87.3 Å². The van der Waals surface area contributed by atoms with Crippen molar-refractivity contribution in [2.75, 3.05) is 0 Å². The first-order valence-corrected chi connectivity index (χ1v) is 6.94. The second-order valence-corrected chi connectivity index (χ2v) is 5.16. The van der Waals surface area contributed by atoms with Gasteiger partial charge >= 0.3 is 6.09 Å². The number of halogens is 1. The fraction of sp³-hybridized carbons (Fsp3) is 0. The summed E-state index contributed by atoms with van der Waals surface area (Å²) in [7, 11) is 0. The Balaban J connectivity index is 1.87. The highest BCUT2D eigenvalue weighted by atomic mass is 79.9. The van der Waals surface area contributed by atoms with Gasteiger partial charge in [0.15, 0.2) is 5.65 Å². The van der Waals surface area contributed by atoms with Gasteiger partial charge < -0.3 is 4.74 Å². The van der Waals surface area contributed by atoms with E-state index in [9.17, 15) is 14.9 Å². The Morgan fingerprint density at radius 3 is 2.59 bits per heavy atom. The van der Waals surface area contributed by atoms with E-state index < -0.39 is 11.0 Å².